The van der Waals surface area contributed by atoms with Crippen LogP contribution in [-0.4, -0.2) is 17.9 Å². The second-order valence-electron chi connectivity index (χ2n) is 4.26. The lowest BCUT2D eigenvalue weighted by Gasteiger charge is -2.18. The third kappa shape index (κ3) is 3.25. The zero-order valence-corrected chi connectivity index (χ0v) is 12.5. The minimum atomic E-state index is -0.519. The van der Waals surface area contributed by atoms with E-state index in [1.807, 2.05) is 0 Å². The third-order valence-electron chi connectivity index (χ3n) is 2.91. The van der Waals surface area contributed by atoms with Crippen molar-refractivity contribution in [3.8, 4) is 0 Å². The summed E-state index contributed by atoms with van der Waals surface area (Å²) in [4.78, 5) is 23.7. The fourth-order valence-corrected chi connectivity index (χ4v) is 2.17. The molecule has 7 heteroatoms. The summed E-state index contributed by atoms with van der Waals surface area (Å²) in [7, 11) is 1.51. The fourth-order valence-electron chi connectivity index (χ4n) is 1.76. The predicted molar refractivity (Wildman–Crippen MR) is 79.9 cm³/mol. The molecule has 0 aliphatic carbocycles. The number of non-ortho nitro benzene ring substituents is 1. The number of nitro benzene ring substituents is 1. The number of benzene rings is 2. The van der Waals surface area contributed by atoms with Gasteiger partial charge in [0.2, 0.25) is 0 Å². The molecule has 0 spiro atoms. The third-order valence-corrected chi connectivity index (χ3v) is 3.60. The molecular formula is C14H10BrFN2O3. The summed E-state index contributed by atoms with van der Waals surface area (Å²) in [6.45, 7) is 0. The lowest BCUT2D eigenvalue weighted by Crippen LogP contribution is -2.26. The molecule has 0 aromatic heterocycles. The lowest BCUT2D eigenvalue weighted by atomic mass is 10.2. The Balaban J connectivity index is 2.30. The highest BCUT2D eigenvalue weighted by atomic mass is 79.9. The van der Waals surface area contributed by atoms with E-state index >= 15 is 0 Å². The molecule has 0 unspecified atom stereocenters. The van der Waals surface area contributed by atoms with Crippen molar-refractivity contribution in [1.82, 2.24) is 0 Å². The molecule has 2 rings (SSSR count). The summed E-state index contributed by atoms with van der Waals surface area (Å²) in [6.07, 6.45) is 0. The largest absolute Gasteiger partial charge is 0.311 e. The van der Waals surface area contributed by atoms with E-state index in [4.69, 9.17) is 0 Å². The molecule has 0 bridgehead atoms. The summed E-state index contributed by atoms with van der Waals surface area (Å²) in [5, 5.41) is 10.6. The van der Waals surface area contributed by atoms with Crippen molar-refractivity contribution >= 4 is 33.2 Å². The van der Waals surface area contributed by atoms with Gasteiger partial charge in [0.1, 0.15) is 5.82 Å². The molecular weight excluding hydrogens is 343 g/mol. The van der Waals surface area contributed by atoms with Gasteiger partial charge in [-0.3, -0.25) is 14.9 Å². The van der Waals surface area contributed by atoms with Crippen LogP contribution in [0.15, 0.2) is 46.9 Å². The molecule has 5 nitrogen and oxygen atoms in total. The molecule has 2 aromatic carbocycles. The van der Waals surface area contributed by atoms with Crippen LogP contribution in [0.5, 0.6) is 0 Å². The van der Waals surface area contributed by atoms with E-state index in [2.05, 4.69) is 15.9 Å². The van der Waals surface area contributed by atoms with Crippen molar-refractivity contribution in [3.05, 3.63) is 68.4 Å². The molecule has 0 aliphatic rings. The number of anilines is 1. The maximum absolute atomic E-state index is 13.2. The first-order valence-electron chi connectivity index (χ1n) is 5.87. The molecule has 0 saturated heterocycles. The molecule has 0 radical (unpaired) electrons. The van der Waals surface area contributed by atoms with Crippen molar-refractivity contribution < 1.29 is 14.1 Å². The van der Waals surface area contributed by atoms with E-state index in [0.29, 0.717) is 10.2 Å². The summed E-state index contributed by atoms with van der Waals surface area (Å²) in [6, 6.07) is 9.36. The van der Waals surface area contributed by atoms with E-state index in [-0.39, 0.29) is 11.3 Å². The smallest absolute Gasteiger partial charge is 0.269 e. The number of carbonyl (C=O) groups is 1. The van der Waals surface area contributed by atoms with Crippen molar-refractivity contribution in [2.75, 3.05) is 11.9 Å². The first kappa shape index (κ1) is 15.1. The van der Waals surface area contributed by atoms with Gasteiger partial charge in [0.05, 0.1) is 10.5 Å². The molecule has 108 valence electrons. The molecule has 0 atom stereocenters. The van der Waals surface area contributed by atoms with E-state index in [9.17, 15) is 19.3 Å². The predicted octanol–water partition coefficient (Wildman–Crippen LogP) is 3.77. The highest BCUT2D eigenvalue weighted by Crippen LogP contribution is 2.23. The van der Waals surface area contributed by atoms with Crippen LogP contribution in [0.3, 0.4) is 0 Å². The number of nitrogens with zero attached hydrogens (tertiary/aromatic N) is 2. The van der Waals surface area contributed by atoms with Gasteiger partial charge in [-0.2, -0.15) is 0 Å². The highest BCUT2D eigenvalue weighted by Gasteiger charge is 2.17. The Morgan fingerprint density at radius 3 is 2.43 bits per heavy atom. The number of hydrogen-bond acceptors (Lipinski definition) is 3. The molecule has 0 fully saturated rings. The number of amides is 1. The number of nitro groups is 1. The Hall–Kier alpha value is -2.28. The summed E-state index contributed by atoms with van der Waals surface area (Å²) >= 11 is 3.20. The topological polar surface area (TPSA) is 63.5 Å². The van der Waals surface area contributed by atoms with Gasteiger partial charge in [-0.1, -0.05) is 0 Å². The van der Waals surface area contributed by atoms with Gasteiger partial charge in [0.15, 0.2) is 0 Å². The van der Waals surface area contributed by atoms with Gasteiger partial charge in [-0.05, 0) is 46.3 Å². The molecule has 1 amide bonds. The Morgan fingerprint density at radius 1 is 1.24 bits per heavy atom. The maximum Gasteiger partial charge on any atom is 0.269 e. The monoisotopic (exact) mass is 352 g/mol. The van der Waals surface area contributed by atoms with Crippen LogP contribution in [0.4, 0.5) is 15.8 Å². The van der Waals surface area contributed by atoms with Crippen molar-refractivity contribution in [3.63, 3.8) is 0 Å². The minimum Gasteiger partial charge on any atom is -0.311 e. The Kier molecular flexibility index (Phi) is 4.32. The van der Waals surface area contributed by atoms with Crippen LogP contribution in [0.2, 0.25) is 0 Å². The van der Waals surface area contributed by atoms with Crippen LogP contribution in [-0.2, 0) is 0 Å². The fraction of sp³-hybridized carbons (Fsp3) is 0.0714. The Labute approximate surface area is 128 Å². The number of rotatable bonds is 3. The molecule has 0 aliphatic heterocycles. The molecule has 0 heterocycles. The van der Waals surface area contributed by atoms with Crippen LogP contribution in [0.1, 0.15) is 10.4 Å². The average molecular weight is 353 g/mol. The first-order chi connectivity index (χ1) is 9.90. The standard InChI is InChI=1S/C14H10BrFN2O3/c1-17(10-3-5-11(6-4-10)18(20)21)14(19)12-8-9(16)2-7-13(12)15/h2-8H,1H3. The van der Waals surface area contributed by atoms with E-state index in [1.54, 1.807) is 0 Å². The normalized spacial score (nSPS) is 10.2. The van der Waals surface area contributed by atoms with Gasteiger partial charge >= 0.3 is 0 Å². The van der Waals surface area contributed by atoms with Crippen LogP contribution in [0, 0.1) is 15.9 Å². The SMILES string of the molecule is CN(C(=O)c1cc(F)ccc1Br)c1ccc([N+](=O)[O-])cc1. The van der Waals surface area contributed by atoms with Gasteiger partial charge < -0.3 is 4.90 Å². The Bertz CT molecular complexity index is 704. The quantitative estimate of drug-likeness (QED) is 0.623. The van der Waals surface area contributed by atoms with Gasteiger partial charge in [0, 0.05) is 29.3 Å². The molecule has 21 heavy (non-hydrogen) atoms. The molecule has 0 N–H and O–H groups in total. The average Bonchev–Trinajstić information content (AvgIpc) is 2.48. The van der Waals surface area contributed by atoms with Crippen LogP contribution in [0.25, 0.3) is 0 Å². The second-order valence-corrected chi connectivity index (χ2v) is 5.12. The second kappa shape index (κ2) is 6.01. The minimum absolute atomic E-state index is 0.0634. The van der Waals surface area contributed by atoms with Crippen molar-refractivity contribution in [2.45, 2.75) is 0 Å². The zero-order chi connectivity index (χ0) is 15.6. The van der Waals surface area contributed by atoms with Gasteiger partial charge in [-0.25, -0.2) is 4.39 Å². The van der Waals surface area contributed by atoms with E-state index < -0.39 is 16.6 Å². The van der Waals surface area contributed by atoms with Gasteiger partial charge in [0.25, 0.3) is 11.6 Å². The molecule has 0 saturated carbocycles. The number of carbonyl (C=O) groups excluding carboxylic acids is 1. The number of halogens is 2. The van der Waals surface area contributed by atoms with E-state index in [0.717, 1.165) is 6.07 Å². The van der Waals surface area contributed by atoms with E-state index in [1.165, 1.54) is 48.3 Å². The van der Waals surface area contributed by atoms with Gasteiger partial charge in [-0.15, -0.1) is 0 Å². The van der Waals surface area contributed by atoms with Crippen LogP contribution >= 0.6 is 15.9 Å². The molecule has 2 aromatic rings. The summed E-state index contributed by atoms with van der Waals surface area (Å²) in [5.74, 6) is -0.936. The maximum atomic E-state index is 13.2. The Morgan fingerprint density at radius 2 is 1.86 bits per heavy atom. The number of hydrogen-bond donors (Lipinski definition) is 0. The highest BCUT2D eigenvalue weighted by molar-refractivity contribution is 9.10. The summed E-state index contributed by atoms with van der Waals surface area (Å²) in [5.41, 5.74) is 0.587. The zero-order valence-electron chi connectivity index (χ0n) is 10.9. The van der Waals surface area contributed by atoms with Crippen molar-refractivity contribution in [1.29, 1.82) is 0 Å². The van der Waals surface area contributed by atoms with Crippen molar-refractivity contribution in [2.24, 2.45) is 0 Å². The van der Waals surface area contributed by atoms with Crippen LogP contribution < -0.4 is 4.90 Å². The lowest BCUT2D eigenvalue weighted by molar-refractivity contribution is -0.384. The summed E-state index contributed by atoms with van der Waals surface area (Å²) < 4.78 is 13.7. The first-order valence-corrected chi connectivity index (χ1v) is 6.67.